The van der Waals surface area contributed by atoms with Crippen molar-refractivity contribution in [2.45, 2.75) is 12.1 Å². The van der Waals surface area contributed by atoms with Crippen LogP contribution in [0.4, 0.5) is 5.69 Å². The first-order valence-corrected chi connectivity index (χ1v) is 7.77. The first-order chi connectivity index (χ1) is 10.2. The van der Waals surface area contributed by atoms with E-state index in [1.807, 2.05) is 30.3 Å². The van der Waals surface area contributed by atoms with Crippen LogP contribution in [-0.4, -0.2) is 22.3 Å². The summed E-state index contributed by atoms with van der Waals surface area (Å²) in [4.78, 5) is 7.87. The van der Waals surface area contributed by atoms with E-state index in [1.54, 1.807) is 11.8 Å². The smallest absolute Gasteiger partial charge is 0.166 e. The third-order valence-electron chi connectivity index (χ3n) is 3.09. The molecule has 0 aliphatic heterocycles. The number of nitrogen functional groups attached to an aromatic ring is 1. The molecule has 0 fully saturated rings. The van der Waals surface area contributed by atoms with Crippen LogP contribution in [0, 0.1) is 6.92 Å². The molecule has 0 unspecified atom stereocenters. The lowest BCUT2D eigenvalue weighted by atomic mass is 10.2. The van der Waals surface area contributed by atoms with Gasteiger partial charge in [0.15, 0.2) is 5.16 Å². The molecule has 0 spiro atoms. The van der Waals surface area contributed by atoms with E-state index in [9.17, 15) is 0 Å². The van der Waals surface area contributed by atoms with Crippen molar-refractivity contribution in [3.05, 3.63) is 48.0 Å². The Labute approximate surface area is 127 Å². The molecule has 2 aromatic carbocycles. The Balaban J connectivity index is 1.53. The second-order valence-electron chi connectivity index (χ2n) is 4.83. The summed E-state index contributed by atoms with van der Waals surface area (Å²) in [7, 11) is 0. The van der Waals surface area contributed by atoms with Crippen molar-refractivity contribution >= 4 is 28.5 Å². The topological polar surface area (TPSA) is 63.9 Å². The predicted molar refractivity (Wildman–Crippen MR) is 87.9 cm³/mol. The lowest BCUT2D eigenvalue weighted by Crippen LogP contribution is -2.00. The summed E-state index contributed by atoms with van der Waals surface area (Å²) < 4.78 is 5.66. The fraction of sp³-hybridized carbons (Fsp3) is 0.188. The number of anilines is 1. The van der Waals surface area contributed by atoms with Crippen molar-refractivity contribution in [3.63, 3.8) is 0 Å². The molecular formula is C16H17N3OS. The molecule has 0 saturated heterocycles. The van der Waals surface area contributed by atoms with Crippen LogP contribution in [0.2, 0.25) is 0 Å². The van der Waals surface area contributed by atoms with Crippen LogP contribution in [0.15, 0.2) is 47.6 Å². The standard InChI is InChI=1S/C16H17N3OS/c1-11-2-7-14-15(10-11)19-16(18-14)21-9-8-20-13-5-3-12(17)4-6-13/h2-7,10H,8-9,17H2,1H3,(H,18,19). The van der Waals surface area contributed by atoms with Crippen molar-refractivity contribution in [1.82, 2.24) is 9.97 Å². The van der Waals surface area contributed by atoms with E-state index in [1.165, 1.54) is 5.56 Å². The quantitative estimate of drug-likeness (QED) is 0.429. The van der Waals surface area contributed by atoms with Crippen LogP contribution in [0.3, 0.4) is 0 Å². The Bertz CT molecular complexity index is 737. The minimum absolute atomic E-state index is 0.630. The van der Waals surface area contributed by atoms with E-state index in [0.29, 0.717) is 6.61 Å². The van der Waals surface area contributed by atoms with Crippen LogP contribution in [0.25, 0.3) is 11.0 Å². The molecule has 5 heteroatoms. The number of hydrogen-bond donors (Lipinski definition) is 2. The van der Waals surface area contributed by atoms with Crippen molar-refractivity contribution in [2.24, 2.45) is 0 Å². The molecule has 0 aliphatic carbocycles. The number of nitrogens with two attached hydrogens (primary N) is 1. The number of aryl methyl sites for hydroxylation is 1. The SMILES string of the molecule is Cc1ccc2nc(SCCOc3ccc(N)cc3)[nH]c2c1. The van der Waals surface area contributed by atoms with E-state index < -0.39 is 0 Å². The van der Waals surface area contributed by atoms with Crippen LogP contribution < -0.4 is 10.5 Å². The van der Waals surface area contributed by atoms with Crippen LogP contribution >= 0.6 is 11.8 Å². The number of H-pyrrole nitrogens is 1. The van der Waals surface area contributed by atoms with E-state index in [-0.39, 0.29) is 0 Å². The second kappa shape index (κ2) is 6.10. The molecule has 3 aromatic rings. The number of aromatic amines is 1. The largest absolute Gasteiger partial charge is 0.493 e. The molecule has 0 bridgehead atoms. The van der Waals surface area contributed by atoms with Gasteiger partial charge >= 0.3 is 0 Å². The van der Waals surface area contributed by atoms with Gasteiger partial charge in [-0.1, -0.05) is 17.8 Å². The Kier molecular flexibility index (Phi) is 4.01. The summed E-state index contributed by atoms with van der Waals surface area (Å²) >= 11 is 1.66. The van der Waals surface area contributed by atoms with Gasteiger partial charge in [0.1, 0.15) is 5.75 Å². The number of fused-ring (bicyclic) bond motifs is 1. The third kappa shape index (κ3) is 3.49. The average Bonchev–Trinajstić information content (AvgIpc) is 2.87. The lowest BCUT2D eigenvalue weighted by Gasteiger charge is -2.05. The minimum atomic E-state index is 0.630. The van der Waals surface area contributed by atoms with E-state index in [4.69, 9.17) is 10.5 Å². The van der Waals surface area contributed by atoms with Crippen LogP contribution in [0.1, 0.15) is 5.56 Å². The first-order valence-electron chi connectivity index (χ1n) is 6.78. The van der Waals surface area contributed by atoms with Gasteiger partial charge in [-0.15, -0.1) is 0 Å². The average molecular weight is 299 g/mol. The zero-order valence-corrected chi connectivity index (χ0v) is 12.6. The van der Waals surface area contributed by atoms with Gasteiger partial charge in [0, 0.05) is 11.4 Å². The molecule has 3 N–H and O–H groups in total. The highest BCUT2D eigenvalue weighted by Crippen LogP contribution is 2.20. The fourth-order valence-corrected chi connectivity index (χ4v) is 2.74. The Morgan fingerprint density at radius 1 is 1.19 bits per heavy atom. The number of benzene rings is 2. The second-order valence-corrected chi connectivity index (χ2v) is 5.91. The van der Waals surface area contributed by atoms with Crippen molar-refractivity contribution in [2.75, 3.05) is 18.1 Å². The monoisotopic (exact) mass is 299 g/mol. The Hall–Kier alpha value is -2.14. The zero-order valence-electron chi connectivity index (χ0n) is 11.8. The van der Waals surface area contributed by atoms with Gasteiger partial charge < -0.3 is 15.5 Å². The van der Waals surface area contributed by atoms with Gasteiger partial charge in [0.05, 0.1) is 17.6 Å². The maximum atomic E-state index is 5.66. The van der Waals surface area contributed by atoms with E-state index in [2.05, 4.69) is 29.0 Å². The van der Waals surface area contributed by atoms with Gasteiger partial charge in [-0.05, 0) is 48.9 Å². The molecule has 21 heavy (non-hydrogen) atoms. The number of aromatic nitrogens is 2. The number of rotatable bonds is 5. The number of nitrogens with zero attached hydrogens (tertiary/aromatic N) is 1. The Morgan fingerprint density at radius 2 is 2.00 bits per heavy atom. The third-order valence-corrected chi connectivity index (χ3v) is 3.92. The minimum Gasteiger partial charge on any atom is -0.493 e. The highest BCUT2D eigenvalue weighted by molar-refractivity contribution is 7.99. The molecule has 0 saturated carbocycles. The molecule has 4 nitrogen and oxygen atoms in total. The maximum Gasteiger partial charge on any atom is 0.166 e. The molecule has 1 heterocycles. The van der Waals surface area contributed by atoms with E-state index in [0.717, 1.165) is 33.4 Å². The van der Waals surface area contributed by atoms with Gasteiger partial charge in [0.2, 0.25) is 0 Å². The Morgan fingerprint density at radius 3 is 2.81 bits per heavy atom. The van der Waals surface area contributed by atoms with Gasteiger partial charge in [-0.3, -0.25) is 0 Å². The number of nitrogens with one attached hydrogen (secondary N) is 1. The summed E-state index contributed by atoms with van der Waals surface area (Å²) in [5.74, 6) is 1.67. The normalized spacial score (nSPS) is 10.9. The predicted octanol–water partition coefficient (Wildman–Crippen LogP) is 3.62. The van der Waals surface area contributed by atoms with Crippen molar-refractivity contribution in [1.29, 1.82) is 0 Å². The van der Waals surface area contributed by atoms with Crippen molar-refractivity contribution < 1.29 is 4.74 Å². The molecule has 108 valence electrons. The highest BCUT2D eigenvalue weighted by atomic mass is 32.2. The summed E-state index contributed by atoms with van der Waals surface area (Å²) in [6.07, 6.45) is 0. The zero-order chi connectivity index (χ0) is 14.7. The van der Waals surface area contributed by atoms with E-state index >= 15 is 0 Å². The number of hydrogen-bond acceptors (Lipinski definition) is 4. The molecular weight excluding hydrogens is 282 g/mol. The van der Waals surface area contributed by atoms with Gasteiger partial charge in [-0.2, -0.15) is 0 Å². The summed E-state index contributed by atoms with van der Waals surface area (Å²) in [6.45, 7) is 2.71. The molecule has 0 radical (unpaired) electrons. The molecule has 0 amide bonds. The summed E-state index contributed by atoms with van der Waals surface area (Å²) in [5.41, 5.74) is 9.69. The maximum absolute atomic E-state index is 5.66. The number of ether oxygens (including phenoxy) is 1. The van der Waals surface area contributed by atoms with Crippen molar-refractivity contribution in [3.8, 4) is 5.75 Å². The molecule has 1 aromatic heterocycles. The highest BCUT2D eigenvalue weighted by Gasteiger charge is 2.03. The van der Waals surface area contributed by atoms with Gasteiger partial charge in [0.25, 0.3) is 0 Å². The molecule has 3 rings (SSSR count). The van der Waals surface area contributed by atoms with Crippen LogP contribution in [-0.2, 0) is 0 Å². The van der Waals surface area contributed by atoms with Gasteiger partial charge in [-0.25, -0.2) is 4.98 Å². The number of thioether (sulfide) groups is 1. The summed E-state index contributed by atoms with van der Waals surface area (Å²) in [5, 5.41) is 0.927. The summed E-state index contributed by atoms with van der Waals surface area (Å²) in [6, 6.07) is 13.7. The van der Waals surface area contributed by atoms with Crippen LogP contribution in [0.5, 0.6) is 5.75 Å². The molecule has 0 aliphatic rings. The number of imidazole rings is 1. The fourth-order valence-electron chi connectivity index (χ4n) is 2.03. The molecule has 0 atom stereocenters. The lowest BCUT2D eigenvalue weighted by molar-refractivity contribution is 0.344. The first kappa shape index (κ1) is 13.8.